The lowest BCUT2D eigenvalue weighted by Crippen LogP contribution is -2.50. The molecule has 130 valence electrons. The molecule has 2 aromatic rings. The average Bonchev–Trinajstić information content (AvgIpc) is 2.63. The fourth-order valence-electron chi connectivity index (χ4n) is 3.19. The SMILES string of the molecule is Cc1ccc([C@H](CC(=O)N2CCN(C)C(=O)C2)c2ccccc2)cc1. The Hall–Kier alpha value is -2.62. The Bertz CT molecular complexity index is 740. The summed E-state index contributed by atoms with van der Waals surface area (Å²) in [6.07, 6.45) is 0.379. The van der Waals surface area contributed by atoms with Gasteiger partial charge in [-0.05, 0) is 18.1 Å². The van der Waals surface area contributed by atoms with E-state index in [4.69, 9.17) is 0 Å². The van der Waals surface area contributed by atoms with Gasteiger partial charge in [-0.15, -0.1) is 0 Å². The minimum Gasteiger partial charge on any atom is -0.342 e. The third-order valence-corrected chi connectivity index (χ3v) is 4.87. The largest absolute Gasteiger partial charge is 0.342 e. The van der Waals surface area contributed by atoms with E-state index in [1.54, 1.807) is 16.8 Å². The Morgan fingerprint density at radius 1 is 1.00 bits per heavy atom. The number of carbonyl (C=O) groups is 2. The van der Waals surface area contributed by atoms with Crippen molar-refractivity contribution < 1.29 is 9.59 Å². The van der Waals surface area contributed by atoms with Crippen LogP contribution in [0.4, 0.5) is 0 Å². The Morgan fingerprint density at radius 2 is 1.64 bits per heavy atom. The van der Waals surface area contributed by atoms with Gasteiger partial charge in [0.05, 0.1) is 6.54 Å². The molecule has 1 atom stereocenters. The summed E-state index contributed by atoms with van der Waals surface area (Å²) in [6.45, 7) is 3.45. The summed E-state index contributed by atoms with van der Waals surface area (Å²) in [4.78, 5) is 28.1. The number of piperazine rings is 1. The van der Waals surface area contributed by atoms with Crippen molar-refractivity contribution in [3.63, 3.8) is 0 Å². The molecule has 0 N–H and O–H groups in total. The second-order valence-electron chi connectivity index (χ2n) is 6.71. The number of amides is 2. The maximum atomic E-state index is 12.8. The fourth-order valence-corrected chi connectivity index (χ4v) is 3.19. The summed E-state index contributed by atoms with van der Waals surface area (Å²) in [5.41, 5.74) is 3.46. The lowest BCUT2D eigenvalue weighted by molar-refractivity contribution is -0.144. The monoisotopic (exact) mass is 336 g/mol. The van der Waals surface area contributed by atoms with E-state index in [-0.39, 0.29) is 24.3 Å². The van der Waals surface area contributed by atoms with Gasteiger partial charge in [-0.25, -0.2) is 0 Å². The first-order chi connectivity index (χ1) is 12.0. The molecule has 0 radical (unpaired) electrons. The molecular weight excluding hydrogens is 312 g/mol. The number of nitrogens with zero attached hydrogens (tertiary/aromatic N) is 2. The van der Waals surface area contributed by atoms with Gasteiger partial charge >= 0.3 is 0 Å². The molecule has 0 aliphatic carbocycles. The van der Waals surface area contributed by atoms with Crippen LogP contribution in [-0.4, -0.2) is 48.3 Å². The third kappa shape index (κ3) is 4.08. The van der Waals surface area contributed by atoms with E-state index in [0.29, 0.717) is 19.5 Å². The molecule has 1 saturated heterocycles. The number of likely N-dealkylation sites (N-methyl/N-ethyl adjacent to an activating group) is 1. The number of carbonyl (C=O) groups excluding carboxylic acids is 2. The zero-order valence-electron chi connectivity index (χ0n) is 14.8. The number of aryl methyl sites for hydroxylation is 1. The van der Waals surface area contributed by atoms with Crippen LogP contribution in [0.1, 0.15) is 29.0 Å². The van der Waals surface area contributed by atoms with E-state index >= 15 is 0 Å². The topological polar surface area (TPSA) is 40.6 Å². The number of hydrogen-bond acceptors (Lipinski definition) is 2. The van der Waals surface area contributed by atoms with E-state index in [1.165, 1.54) is 5.56 Å². The normalized spacial score (nSPS) is 16.0. The number of hydrogen-bond donors (Lipinski definition) is 0. The van der Waals surface area contributed by atoms with E-state index in [1.807, 2.05) is 18.2 Å². The molecule has 3 rings (SSSR count). The maximum absolute atomic E-state index is 12.8. The second kappa shape index (κ2) is 7.51. The van der Waals surface area contributed by atoms with Crippen LogP contribution in [0.25, 0.3) is 0 Å². The van der Waals surface area contributed by atoms with Crippen LogP contribution >= 0.6 is 0 Å². The summed E-state index contributed by atoms with van der Waals surface area (Å²) in [5.74, 6) is 0.0473. The standard InChI is InChI=1S/C21H24N2O2/c1-16-8-10-18(11-9-16)19(17-6-4-3-5-7-17)14-20(24)23-13-12-22(2)21(25)15-23/h3-11,19H,12-15H2,1-2H3/t19-/m1/s1. The Labute approximate surface area is 149 Å². The first-order valence-corrected chi connectivity index (χ1v) is 8.68. The van der Waals surface area contributed by atoms with Crippen molar-refractivity contribution >= 4 is 11.8 Å². The van der Waals surface area contributed by atoms with Crippen molar-refractivity contribution in [2.24, 2.45) is 0 Å². The zero-order valence-corrected chi connectivity index (χ0v) is 14.8. The molecule has 0 spiro atoms. The minimum atomic E-state index is 0.00376. The maximum Gasteiger partial charge on any atom is 0.241 e. The molecule has 1 aliphatic heterocycles. The molecule has 2 aromatic carbocycles. The van der Waals surface area contributed by atoms with Crippen LogP contribution in [0.5, 0.6) is 0 Å². The third-order valence-electron chi connectivity index (χ3n) is 4.87. The molecule has 25 heavy (non-hydrogen) atoms. The molecule has 2 amide bonds. The van der Waals surface area contributed by atoms with Gasteiger partial charge in [0, 0.05) is 32.5 Å². The van der Waals surface area contributed by atoms with Gasteiger partial charge in [-0.1, -0.05) is 60.2 Å². The van der Waals surface area contributed by atoms with Crippen LogP contribution < -0.4 is 0 Å². The van der Waals surface area contributed by atoms with Crippen molar-refractivity contribution in [2.75, 3.05) is 26.7 Å². The van der Waals surface area contributed by atoms with Crippen molar-refractivity contribution in [3.05, 3.63) is 71.3 Å². The Balaban J connectivity index is 1.81. The molecule has 4 heteroatoms. The van der Waals surface area contributed by atoms with E-state index < -0.39 is 0 Å². The van der Waals surface area contributed by atoms with Crippen LogP contribution in [0, 0.1) is 6.92 Å². The molecule has 0 saturated carbocycles. The molecule has 0 unspecified atom stereocenters. The summed E-state index contributed by atoms with van der Waals surface area (Å²) in [6, 6.07) is 18.5. The molecule has 1 heterocycles. The molecule has 0 aromatic heterocycles. The van der Waals surface area contributed by atoms with Gasteiger partial charge in [0.2, 0.25) is 11.8 Å². The molecule has 1 fully saturated rings. The summed E-state index contributed by atoms with van der Waals surface area (Å²) >= 11 is 0. The Morgan fingerprint density at radius 3 is 2.28 bits per heavy atom. The van der Waals surface area contributed by atoms with Gasteiger partial charge in [-0.2, -0.15) is 0 Å². The van der Waals surface area contributed by atoms with E-state index in [2.05, 4.69) is 43.3 Å². The highest BCUT2D eigenvalue weighted by Gasteiger charge is 2.27. The van der Waals surface area contributed by atoms with Crippen LogP contribution in [0.15, 0.2) is 54.6 Å². The fraction of sp³-hybridized carbons (Fsp3) is 0.333. The lowest BCUT2D eigenvalue weighted by atomic mass is 9.87. The highest BCUT2D eigenvalue weighted by atomic mass is 16.2. The van der Waals surface area contributed by atoms with Crippen molar-refractivity contribution in [1.82, 2.24) is 9.80 Å². The van der Waals surface area contributed by atoms with Crippen molar-refractivity contribution in [2.45, 2.75) is 19.3 Å². The molecule has 1 aliphatic rings. The van der Waals surface area contributed by atoms with Gasteiger partial charge < -0.3 is 9.80 Å². The summed E-state index contributed by atoms with van der Waals surface area (Å²) in [7, 11) is 1.78. The Kier molecular flexibility index (Phi) is 5.17. The number of benzene rings is 2. The second-order valence-corrected chi connectivity index (χ2v) is 6.71. The van der Waals surface area contributed by atoms with Gasteiger partial charge in [0.1, 0.15) is 0 Å². The van der Waals surface area contributed by atoms with Crippen LogP contribution in [0.2, 0.25) is 0 Å². The van der Waals surface area contributed by atoms with Crippen LogP contribution in [0.3, 0.4) is 0 Å². The highest BCUT2D eigenvalue weighted by molar-refractivity contribution is 5.86. The van der Waals surface area contributed by atoms with Crippen LogP contribution in [-0.2, 0) is 9.59 Å². The lowest BCUT2D eigenvalue weighted by Gasteiger charge is -2.33. The predicted octanol–water partition coefficient (Wildman–Crippen LogP) is 2.82. The molecule has 0 bridgehead atoms. The smallest absolute Gasteiger partial charge is 0.241 e. The zero-order chi connectivity index (χ0) is 17.8. The van der Waals surface area contributed by atoms with Crippen molar-refractivity contribution in [1.29, 1.82) is 0 Å². The van der Waals surface area contributed by atoms with E-state index in [0.717, 1.165) is 11.1 Å². The minimum absolute atomic E-state index is 0.00376. The quantitative estimate of drug-likeness (QED) is 0.861. The first-order valence-electron chi connectivity index (χ1n) is 8.68. The molecular formula is C21H24N2O2. The van der Waals surface area contributed by atoms with E-state index in [9.17, 15) is 9.59 Å². The van der Waals surface area contributed by atoms with Crippen molar-refractivity contribution in [3.8, 4) is 0 Å². The highest BCUT2D eigenvalue weighted by Crippen LogP contribution is 2.29. The van der Waals surface area contributed by atoms with Gasteiger partial charge in [0.15, 0.2) is 0 Å². The number of rotatable bonds is 4. The average molecular weight is 336 g/mol. The first kappa shape index (κ1) is 17.2. The van der Waals surface area contributed by atoms with Gasteiger partial charge in [0.25, 0.3) is 0 Å². The summed E-state index contributed by atoms with van der Waals surface area (Å²) in [5, 5.41) is 0. The molecule has 4 nitrogen and oxygen atoms in total. The summed E-state index contributed by atoms with van der Waals surface area (Å²) < 4.78 is 0. The predicted molar refractivity (Wildman–Crippen MR) is 98.3 cm³/mol. The van der Waals surface area contributed by atoms with Gasteiger partial charge in [-0.3, -0.25) is 9.59 Å².